The number of hydrogen-bond donors (Lipinski definition) is 3. The third kappa shape index (κ3) is 3.15. The van der Waals surface area contributed by atoms with Crippen LogP contribution < -0.4 is 11.1 Å². The number of nitrogens with zero attached hydrogens (tertiary/aromatic N) is 3. The summed E-state index contributed by atoms with van der Waals surface area (Å²) in [4.78, 5) is 13.0. The van der Waals surface area contributed by atoms with Crippen molar-refractivity contribution < 1.29 is 10.0 Å². The SMILES string of the molecule is CCc1nnsc1C(=O)NC1(C(N)=NO)CCC(C)CC1. The van der Waals surface area contributed by atoms with Crippen molar-refractivity contribution in [2.45, 2.75) is 51.5 Å². The molecule has 1 aliphatic rings. The summed E-state index contributed by atoms with van der Waals surface area (Å²) in [5.41, 5.74) is 5.76. The van der Waals surface area contributed by atoms with Gasteiger partial charge in [-0.2, -0.15) is 0 Å². The molecule has 1 aliphatic carbocycles. The fourth-order valence-corrected chi connectivity index (χ4v) is 3.33. The number of hydrogen-bond acceptors (Lipinski definition) is 6. The molecule has 21 heavy (non-hydrogen) atoms. The molecule has 1 fully saturated rings. The molecule has 0 aliphatic heterocycles. The average molecular weight is 311 g/mol. The minimum Gasteiger partial charge on any atom is -0.409 e. The van der Waals surface area contributed by atoms with Crippen molar-refractivity contribution in [1.82, 2.24) is 14.9 Å². The standard InChI is InChI=1S/C13H21N5O2S/c1-3-9-10(21-18-16-9)11(19)15-13(12(14)17-20)6-4-8(2)5-7-13/h8,20H,3-7H2,1-2H3,(H2,14,17)(H,15,19). The van der Waals surface area contributed by atoms with Gasteiger partial charge in [0.25, 0.3) is 5.91 Å². The predicted molar refractivity (Wildman–Crippen MR) is 80.5 cm³/mol. The first kappa shape index (κ1) is 15.7. The Kier molecular flexibility index (Phi) is 4.76. The number of carbonyl (C=O) groups excluding carboxylic acids is 1. The number of aryl methyl sites for hydroxylation is 1. The van der Waals surface area contributed by atoms with Crippen LogP contribution in [0.1, 0.15) is 54.9 Å². The highest BCUT2D eigenvalue weighted by atomic mass is 32.1. The van der Waals surface area contributed by atoms with E-state index in [-0.39, 0.29) is 11.7 Å². The van der Waals surface area contributed by atoms with E-state index >= 15 is 0 Å². The summed E-state index contributed by atoms with van der Waals surface area (Å²) in [7, 11) is 0. The van der Waals surface area contributed by atoms with Crippen molar-refractivity contribution in [3.05, 3.63) is 10.6 Å². The van der Waals surface area contributed by atoms with Crippen LogP contribution in [0.15, 0.2) is 5.16 Å². The molecule has 0 unspecified atom stereocenters. The Morgan fingerprint density at radius 3 is 2.81 bits per heavy atom. The van der Waals surface area contributed by atoms with Gasteiger partial charge in [0.2, 0.25) is 0 Å². The molecular formula is C13H21N5O2S. The van der Waals surface area contributed by atoms with Crippen LogP contribution in [0.2, 0.25) is 0 Å². The highest BCUT2D eigenvalue weighted by Gasteiger charge is 2.40. The monoisotopic (exact) mass is 311 g/mol. The van der Waals surface area contributed by atoms with Crippen LogP contribution in [0, 0.1) is 5.92 Å². The molecule has 0 saturated heterocycles. The summed E-state index contributed by atoms with van der Waals surface area (Å²) in [5.74, 6) is 0.402. The minimum atomic E-state index is -0.770. The number of rotatable bonds is 4. The molecule has 7 nitrogen and oxygen atoms in total. The summed E-state index contributed by atoms with van der Waals surface area (Å²) in [6.07, 6.45) is 3.84. The Balaban J connectivity index is 2.22. The molecule has 0 atom stereocenters. The molecule has 1 saturated carbocycles. The number of nitrogens with two attached hydrogens (primary N) is 1. The van der Waals surface area contributed by atoms with E-state index in [1.54, 1.807) is 0 Å². The summed E-state index contributed by atoms with van der Waals surface area (Å²) < 4.78 is 3.83. The van der Waals surface area contributed by atoms with E-state index < -0.39 is 5.54 Å². The second kappa shape index (κ2) is 6.38. The summed E-state index contributed by atoms with van der Waals surface area (Å²) in [5, 5.41) is 19.1. The molecule has 4 N–H and O–H groups in total. The van der Waals surface area contributed by atoms with Crippen LogP contribution in [0.25, 0.3) is 0 Å². The third-order valence-corrected chi connectivity index (χ3v) is 4.94. The predicted octanol–water partition coefficient (Wildman–Crippen LogP) is 1.53. The van der Waals surface area contributed by atoms with Gasteiger partial charge in [-0.05, 0) is 49.6 Å². The topological polar surface area (TPSA) is 113 Å². The van der Waals surface area contributed by atoms with Crippen molar-refractivity contribution in [2.75, 3.05) is 0 Å². The van der Waals surface area contributed by atoms with Gasteiger partial charge in [0.1, 0.15) is 10.4 Å². The average Bonchev–Trinajstić information content (AvgIpc) is 2.97. The Morgan fingerprint density at radius 2 is 2.24 bits per heavy atom. The van der Waals surface area contributed by atoms with Crippen LogP contribution in [-0.4, -0.2) is 32.1 Å². The van der Waals surface area contributed by atoms with Crippen molar-refractivity contribution >= 4 is 23.3 Å². The number of oxime groups is 1. The van der Waals surface area contributed by atoms with Crippen molar-refractivity contribution in [3.63, 3.8) is 0 Å². The molecule has 1 aromatic rings. The second-order valence-electron chi connectivity index (χ2n) is 5.61. The lowest BCUT2D eigenvalue weighted by Crippen LogP contribution is -2.59. The van der Waals surface area contributed by atoms with Gasteiger partial charge in [-0.15, -0.1) is 5.10 Å². The Labute approximate surface area is 127 Å². The highest BCUT2D eigenvalue weighted by Crippen LogP contribution is 2.32. The fourth-order valence-electron chi connectivity index (χ4n) is 2.68. The molecule has 2 rings (SSSR count). The number of amidine groups is 1. The molecule has 0 aromatic carbocycles. The van der Waals surface area contributed by atoms with Gasteiger partial charge in [0.15, 0.2) is 5.84 Å². The molecule has 0 radical (unpaired) electrons. The smallest absolute Gasteiger partial charge is 0.265 e. The maximum absolute atomic E-state index is 12.5. The Hall–Kier alpha value is -1.70. The Morgan fingerprint density at radius 1 is 1.57 bits per heavy atom. The first-order valence-electron chi connectivity index (χ1n) is 7.14. The maximum atomic E-state index is 12.5. The van der Waals surface area contributed by atoms with Gasteiger partial charge in [-0.25, -0.2) is 0 Å². The summed E-state index contributed by atoms with van der Waals surface area (Å²) in [6.45, 7) is 4.09. The van der Waals surface area contributed by atoms with E-state index in [0.717, 1.165) is 24.4 Å². The van der Waals surface area contributed by atoms with Crippen LogP contribution >= 0.6 is 11.5 Å². The van der Waals surface area contributed by atoms with E-state index in [4.69, 9.17) is 10.9 Å². The highest BCUT2D eigenvalue weighted by molar-refractivity contribution is 7.08. The van der Waals surface area contributed by atoms with Crippen LogP contribution in [0.5, 0.6) is 0 Å². The maximum Gasteiger partial charge on any atom is 0.265 e. The fraction of sp³-hybridized carbons (Fsp3) is 0.692. The van der Waals surface area contributed by atoms with Crippen LogP contribution in [0.3, 0.4) is 0 Å². The molecule has 116 valence electrons. The van der Waals surface area contributed by atoms with E-state index in [1.807, 2.05) is 6.92 Å². The lowest BCUT2D eigenvalue weighted by atomic mass is 9.76. The molecule has 0 bridgehead atoms. The van der Waals surface area contributed by atoms with Crippen molar-refractivity contribution in [1.29, 1.82) is 0 Å². The second-order valence-corrected chi connectivity index (χ2v) is 6.36. The lowest BCUT2D eigenvalue weighted by Gasteiger charge is -2.38. The van der Waals surface area contributed by atoms with Crippen LogP contribution in [-0.2, 0) is 6.42 Å². The zero-order valence-electron chi connectivity index (χ0n) is 12.3. The van der Waals surface area contributed by atoms with E-state index in [1.165, 1.54) is 0 Å². The van der Waals surface area contributed by atoms with E-state index in [9.17, 15) is 4.79 Å². The largest absolute Gasteiger partial charge is 0.409 e. The summed E-state index contributed by atoms with van der Waals surface area (Å²) in [6, 6.07) is 0. The number of aromatic nitrogens is 2. The number of carbonyl (C=O) groups is 1. The first-order valence-corrected chi connectivity index (χ1v) is 7.91. The van der Waals surface area contributed by atoms with Crippen molar-refractivity contribution in [2.24, 2.45) is 16.8 Å². The van der Waals surface area contributed by atoms with Gasteiger partial charge in [0, 0.05) is 0 Å². The summed E-state index contributed by atoms with van der Waals surface area (Å²) >= 11 is 1.07. The van der Waals surface area contributed by atoms with Gasteiger partial charge in [-0.3, -0.25) is 4.79 Å². The van der Waals surface area contributed by atoms with E-state index in [2.05, 4.69) is 27.0 Å². The Bertz CT molecular complexity index is 534. The molecule has 1 aromatic heterocycles. The van der Waals surface area contributed by atoms with Gasteiger partial charge >= 0.3 is 0 Å². The van der Waals surface area contributed by atoms with E-state index in [0.29, 0.717) is 35.8 Å². The molecule has 8 heteroatoms. The molecular weight excluding hydrogens is 290 g/mol. The van der Waals surface area contributed by atoms with Gasteiger partial charge in [-0.1, -0.05) is 23.5 Å². The third-order valence-electron chi connectivity index (χ3n) is 4.18. The number of amides is 1. The first-order chi connectivity index (χ1) is 10.0. The molecule has 1 heterocycles. The van der Waals surface area contributed by atoms with Crippen molar-refractivity contribution in [3.8, 4) is 0 Å². The lowest BCUT2D eigenvalue weighted by molar-refractivity contribution is 0.0900. The normalized spacial score (nSPS) is 26.6. The zero-order chi connectivity index (χ0) is 15.5. The molecule has 1 amide bonds. The van der Waals surface area contributed by atoms with Gasteiger partial charge in [0.05, 0.1) is 5.69 Å². The van der Waals surface area contributed by atoms with Gasteiger partial charge < -0.3 is 16.3 Å². The zero-order valence-corrected chi connectivity index (χ0v) is 13.1. The quantitative estimate of drug-likeness (QED) is 0.338. The molecule has 0 spiro atoms. The van der Waals surface area contributed by atoms with Crippen LogP contribution in [0.4, 0.5) is 0 Å². The number of nitrogens with one attached hydrogen (secondary N) is 1. The minimum absolute atomic E-state index is 0.0678.